The Morgan fingerprint density at radius 1 is 1.35 bits per heavy atom. The minimum atomic E-state index is -4.23. The summed E-state index contributed by atoms with van der Waals surface area (Å²) in [4.78, 5) is 11.4. The lowest BCUT2D eigenvalue weighted by atomic mass is 10.0. The van der Waals surface area contributed by atoms with E-state index in [9.17, 15) is 23.4 Å². The summed E-state index contributed by atoms with van der Waals surface area (Å²) >= 11 is 0. The van der Waals surface area contributed by atoms with Gasteiger partial charge in [-0.2, -0.15) is 8.42 Å². The number of aliphatic hydroxyl groups is 1. The largest absolute Gasteiger partial charge is 0.506 e. The number of anilines is 1. The molecule has 1 aliphatic heterocycles. The number of aryl methyl sites for hydroxylation is 1. The number of phenols is 1. The molecule has 1 amide bonds. The zero-order valence-electron chi connectivity index (χ0n) is 14.1. The van der Waals surface area contributed by atoms with E-state index in [1.165, 1.54) is 6.07 Å². The number of nitrogens with zero attached hydrogens (tertiary/aromatic N) is 1. The van der Waals surface area contributed by atoms with E-state index in [1.54, 1.807) is 29.8 Å². The summed E-state index contributed by atoms with van der Waals surface area (Å²) in [7, 11) is -4.23. The van der Waals surface area contributed by atoms with Gasteiger partial charge in [0.2, 0.25) is 0 Å². The molecule has 1 atom stereocenters. The van der Waals surface area contributed by atoms with Crippen molar-refractivity contribution in [1.82, 2.24) is 4.72 Å². The second-order valence-electron chi connectivity index (χ2n) is 6.39. The topological polar surface area (TPSA) is 107 Å². The summed E-state index contributed by atoms with van der Waals surface area (Å²) < 4.78 is 41.3. The van der Waals surface area contributed by atoms with Crippen molar-refractivity contribution in [3.8, 4) is 5.75 Å². The van der Waals surface area contributed by atoms with Gasteiger partial charge in [-0.25, -0.2) is 13.4 Å². The lowest BCUT2D eigenvalue weighted by Gasteiger charge is -2.18. The number of carbonyl (C=O) groups excluding carboxylic acids is 1. The number of nitrogens with one attached hydrogen (secondary N) is 1. The molecule has 1 saturated heterocycles. The fourth-order valence-electron chi connectivity index (χ4n) is 3.02. The Balaban J connectivity index is 2.04. The van der Waals surface area contributed by atoms with Gasteiger partial charge in [-0.3, -0.25) is 4.79 Å². The Hall–Kier alpha value is -2.39. The van der Waals surface area contributed by atoms with Gasteiger partial charge >= 0.3 is 10.2 Å². The summed E-state index contributed by atoms with van der Waals surface area (Å²) in [5, 5.41) is 20.0. The fourth-order valence-corrected chi connectivity index (χ4v) is 4.18. The van der Waals surface area contributed by atoms with Gasteiger partial charge < -0.3 is 10.2 Å². The van der Waals surface area contributed by atoms with Gasteiger partial charge in [0.15, 0.2) is 5.82 Å². The van der Waals surface area contributed by atoms with E-state index >= 15 is 4.39 Å². The molecule has 1 fully saturated rings. The molecule has 0 radical (unpaired) electrons. The molecule has 0 aliphatic carbocycles. The van der Waals surface area contributed by atoms with E-state index in [1.807, 2.05) is 0 Å². The van der Waals surface area contributed by atoms with Gasteiger partial charge in [-0.05, 0) is 49.3 Å². The average Bonchev–Trinajstić information content (AvgIpc) is 2.80. The summed E-state index contributed by atoms with van der Waals surface area (Å²) in [6.45, 7) is 1.10. The molecule has 26 heavy (non-hydrogen) atoms. The highest BCUT2D eigenvalue weighted by Gasteiger charge is 2.37. The van der Waals surface area contributed by atoms with Crippen LogP contribution in [0.25, 0.3) is 10.8 Å². The molecular formula is C17H19FN2O5S. The quantitative estimate of drug-likeness (QED) is 0.728. The number of carbonyl (C=O) groups is 1. The van der Waals surface area contributed by atoms with Gasteiger partial charge in [0.25, 0.3) is 5.91 Å². The van der Waals surface area contributed by atoms with E-state index < -0.39 is 46.0 Å². The summed E-state index contributed by atoms with van der Waals surface area (Å²) in [6, 6.07) is 6.29. The van der Waals surface area contributed by atoms with Crippen LogP contribution in [0.4, 0.5) is 10.1 Å². The zero-order chi connectivity index (χ0) is 19.1. The number of hydrogen-bond acceptors (Lipinski definition) is 5. The van der Waals surface area contributed by atoms with Crippen LogP contribution in [0, 0.1) is 5.82 Å². The first kappa shape index (κ1) is 18.4. The maximum absolute atomic E-state index is 15.0. The molecule has 0 aromatic heterocycles. The van der Waals surface area contributed by atoms with Crippen molar-refractivity contribution in [3.05, 3.63) is 35.6 Å². The highest BCUT2D eigenvalue weighted by molar-refractivity contribution is 7.92. The number of halogens is 1. The number of aromatic hydroxyl groups is 1. The van der Waals surface area contributed by atoms with Crippen molar-refractivity contribution in [2.75, 3.05) is 10.8 Å². The number of benzene rings is 2. The standard InChI is InChI=1S/C17H19FN2O5S/c1-10(21)3-2-4-11-5-6-12-8-14(22)17(16(18)13(12)7-11)20-9-15(23)19-26(20,24)25/h5-8,10,21-22H,2-4,9H2,1H3,(H,19,23)/t10-/m0/s1. The molecule has 3 N–H and O–H groups in total. The molecule has 7 nitrogen and oxygen atoms in total. The maximum atomic E-state index is 15.0. The third-order valence-electron chi connectivity index (χ3n) is 4.25. The number of rotatable bonds is 5. The van der Waals surface area contributed by atoms with Gasteiger partial charge in [0.05, 0.1) is 6.10 Å². The number of phenolic OH excluding ortho intramolecular Hbond substituents is 1. The van der Waals surface area contributed by atoms with Crippen LogP contribution in [0.15, 0.2) is 24.3 Å². The van der Waals surface area contributed by atoms with E-state index in [0.29, 0.717) is 29.0 Å². The molecule has 1 aliphatic rings. The molecule has 0 spiro atoms. The fraction of sp³-hybridized carbons (Fsp3) is 0.353. The van der Waals surface area contributed by atoms with Gasteiger partial charge in [0.1, 0.15) is 18.0 Å². The van der Waals surface area contributed by atoms with E-state index in [2.05, 4.69) is 0 Å². The highest BCUT2D eigenvalue weighted by atomic mass is 32.2. The van der Waals surface area contributed by atoms with E-state index in [0.717, 1.165) is 5.56 Å². The molecule has 140 valence electrons. The van der Waals surface area contributed by atoms with Gasteiger partial charge in [0, 0.05) is 5.39 Å². The van der Waals surface area contributed by atoms with Crippen LogP contribution < -0.4 is 9.03 Å². The highest BCUT2D eigenvalue weighted by Crippen LogP contribution is 2.38. The summed E-state index contributed by atoms with van der Waals surface area (Å²) in [5.74, 6) is -2.26. The first-order valence-corrected chi connectivity index (χ1v) is 9.58. The van der Waals surface area contributed by atoms with Crippen LogP contribution >= 0.6 is 0 Å². The second kappa shape index (κ2) is 6.73. The van der Waals surface area contributed by atoms with Crippen LogP contribution in [0.2, 0.25) is 0 Å². The predicted molar refractivity (Wildman–Crippen MR) is 94.6 cm³/mol. The smallest absolute Gasteiger partial charge is 0.326 e. The number of aliphatic hydroxyl groups excluding tert-OH is 1. The van der Waals surface area contributed by atoms with Crippen molar-refractivity contribution < 1.29 is 27.8 Å². The summed E-state index contributed by atoms with van der Waals surface area (Å²) in [6.07, 6.45) is 1.54. The minimum absolute atomic E-state index is 0.155. The molecule has 2 aromatic rings. The number of fused-ring (bicyclic) bond motifs is 1. The molecule has 2 aromatic carbocycles. The molecular weight excluding hydrogens is 363 g/mol. The monoisotopic (exact) mass is 382 g/mol. The SMILES string of the molecule is C[C@H](O)CCCc1ccc2cc(O)c(N3CC(=O)NS3(=O)=O)c(F)c2c1. The Kier molecular flexibility index (Phi) is 4.76. The lowest BCUT2D eigenvalue weighted by Crippen LogP contribution is -2.30. The molecule has 9 heteroatoms. The lowest BCUT2D eigenvalue weighted by molar-refractivity contribution is -0.117. The molecule has 3 rings (SSSR count). The van der Waals surface area contributed by atoms with E-state index in [-0.39, 0.29) is 5.39 Å². The Morgan fingerprint density at radius 3 is 2.69 bits per heavy atom. The van der Waals surface area contributed by atoms with E-state index in [4.69, 9.17) is 0 Å². The molecule has 0 bridgehead atoms. The van der Waals surface area contributed by atoms with Gasteiger partial charge in [-0.1, -0.05) is 12.1 Å². The number of hydrogen-bond donors (Lipinski definition) is 3. The van der Waals surface area contributed by atoms with Crippen LogP contribution in [0.3, 0.4) is 0 Å². The van der Waals surface area contributed by atoms with Crippen molar-refractivity contribution >= 4 is 32.6 Å². The predicted octanol–water partition coefficient (Wildman–Crippen LogP) is 1.57. The van der Waals surface area contributed by atoms with Crippen LogP contribution in [0.1, 0.15) is 25.3 Å². The van der Waals surface area contributed by atoms with Crippen LogP contribution in [-0.2, 0) is 21.4 Å². The molecule has 0 unspecified atom stereocenters. The first-order chi connectivity index (χ1) is 12.2. The zero-order valence-corrected chi connectivity index (χ0v) is 14.9. The summed E-state index contributed by atoms with van der Waals surface area (Å²) in [5.41, 5.74) is 0.282. The Morgan fingerprint density at radius 2 is 2.08 bits per heavy atom. The van der Waals surface area contributed by atoms with Crippen LogP contribution in [0.5, 0.6) is 5.75 Å². The number of amides is 1. The average molecular weight is 382 g/mol. The maximum Gasteiger partial charge on any atom is 0.326 e. The van der Waals surface area contributed by atoms with Crippen molar-refractivity contribution in [2.45, 2.75) is 32.3 Å². The van der Waals surface area contributed by atoms with Gasteiger partial charge in [-0.15, -0.1) is 0 Å². The van der Waals surface area contributed by atoms with Crippen molar-refractivity contribution in [2.24, 2.45) is 0 Å². The van der Waals surface area contributed by atoms with Crippen molar-refractivity contribution in [1.29, 1.82) is 0 Å². The molecule has 0 saturated carbocycles. The third kappa shape index (κ3) is 3.45. The Bertz CT molecular complexity index is 975. The van der Waals surface area contributed by atoms with Crippen molar-refractivity contribution in [3.63, 3.8) is 0 Å². The first-order valence-electron chi connectivity index (χ1n) is 8.14. The molecule has 1 heterocycles. The minimum Gasteiger partial charge on any atom is -0.506 e. The second-order valence-corrected chi connectivity index (χ2v) is 7.99. The third-order valence-corrected chi connectivity index (χ3v) is 5.63. The normalized spacial score (nSPS) is 17.5. The Labute approximate surface area is 150 Å². The van der Waals surface area contributed by atoms with Crippen LogP contribution in [-0.4, -0.2) is 37.2 Å².